The molecule has 2 heterocycles. The van der Waals surface area contributed by atoms with Crippen LogP contribution < -0.4 is 10.6 Å². The molecule has 3 N–H and O–H groups in total. The molecular formula is C17H18N4O2S. The van der Waals surface area contributed by atoms with Crippen molar-refractivity contribution in [3.05, 3.63) is 35.0 Å². The van der Waals surface area contributed by atoms with Crippen molar-refractivity contribution < 1.29 is 9.90 Å². The number of amides is 1. The first kappa shape index (κ1) is 15.3. The van der Waals surface area contributed by atoms with Crippen LogP contribution in [-0.4, -0.2) is 34.1 Å². The van der Waals surface area contributed by atoms with E-state index < -0.39 is 0 Å². The molecule has 1 aliphatic heterocycles. The molecule has 2 aromatic rings. The molecule has 1 aromatic carbocycles. The molecule has 6 nitrogen and oxygen atoms in total. The number of guanidine groups is 1. The lowest BCUT2D eigenvalue weighted by Gasteiger charge is -2.22. The SMILES string of the molecule is O=C1NC(=N[C@H]2CCC[C@@H](O)C2)N/C1=C\c1ccc2ncsc2c1. The molecule has 1 aliphatic carbocycles. The Bertz CT molecular complexity index is 842. The summed E-state index contributed by atoms with van der Waals surface area (Å²) < 4.78 is 1.09. The number of nitrogens with one attached hydrogen (secondary N) is 2. The fourth-order valence-corrected chi connectivity index (χ4v) is 3.85. The highest BCUT2D eigenvalue weighted by molar-refractivity contribution is 7.16. The van der Waals surface area contributed by atoms with Gasteiger partial charge in [-0.05, 0) is 49.5 Å². The van der Waals surface area contributed by atoms with E-state index in [0.717, 1.165) is 35.0 Å². The summed E-state index contributed by atoms with van der Waals surface area (Å²) in [6.45, 7) is 0. The van der Waals surface area contributed by atoms with Crippen LogP contribution in [0.2, 0.25) is 0 Å². The summed E-state index contributed by atoms with van der Waals surface area (Å²) in [6, 6.07) is 5.96. The number of thiazole rings is 1. The lowest BCUT2D eigenvalue weighted by molar-refractivity contribution is -0.115. The Morgan fingerprint density at radius 1 is 1.33 bits per heavy atom. The average Bonchev–Trinajstić information content (AvgIpc) is 3.14. The molecule has 4 rings (SSSR count). The van der Waals surface area contributed by atoms with E-state index in [9.17, 15) is 9.90 Å². The summed E-state index contributed by atoms with van der Waals surface area (Å²) >= 11 is 1.58. The van der Waals surface area contributed by atoms with Gasteiger partial charge in [-0.3, -0.25) is 10.1 Å². The van der Waals surface area contributed by atoms with Crippen molar-refractivity contribution >= 4 is 39.5 Å². The van der Waals surface area contributed by atoms with Crippen molar-refractivity contribution in [2.45, 2.75) is 37.8 Å². The first-order valence-corrected chi connectivity index (χ1v) is 8.94. The van der Waals surface area contributed by atoms with E-state index in [4.69, 9.17) is 0 Å². The Morgan fingerprint density at radius 3 is 3.12 bits per heavy atom. The minimum absolute atomic E-state index is 0.0597. The third-order valence-corrected chi connectivity index (χ3v) is 5.12. The zero-order valence-corrected chi connectivity index (χ0v) is 13.8. The number of hydrogen-bond acceptors (Lipinski definition) is 5. The van der Waals surface area contributed by atoms with Crippen LogP contribution in [0.25, 0.3) is 16.3 Å². The second-order valence-corrected chi connectivity index (χ2v) is 7.05. The van der Waals surface area contributed by atoms with Gasteiger partial charge in [0, 0.05) is 0 Å². The fourth-order valence-electron chi connectivity index (χ4n) is 3.12. The van der Waals surface area contributed by atoms with Gasteiger partial charge in [-0.15, -0.1) is 11.3 Å². The number of rotatable bonds is 2. The molecule has 2 fully saturated rings. The Balaban J connectivity index is 1.52. The van der Waals surface area contributed by atoms with Crippen molar-refractivity contribution in [1.29, 1.82) is 0 Å². The lowest BCUT2D eigenvalue weighted by Crippen LogP contribution is -2.30. The topological polar surface area (TPSA) is 86.6 Å². The molecule has 1 amide bonds. The lowest BCUT2D eigenvalue weighted by atomic mass is 9.93. The highest BCUT2D eigenvalue weighted by Crippen LogP contribution is 2.22. The molecule has 24 heavy (non-hydrogen) atoms. The van der Waals surface area contributed by atoms with E-state index in [0.29, 0.717) is 18.1 Å². The Kier molecular flexibility index (Phi) is 4.03. The van der Waals surface area contributed by atoms with E-state index in [1.165, 1.54) is 0 Å². The van der Waals surface area contributed by atoms with E-state index in [-0.39, 0.29) is 18.1 Å². The minimum atomic E-state index is -0.286. The molecule has 2 atom stereocenters. The molecular weight excluding hydrogens is 324 g/mol. The molecule has 1 saturated carbocycles. The largest absolute Gasteiger partial charge is 0.393 e. The second kappa shape index (κ2) is 6.33. The zero-order chi connectivity index (χ0) is 16.5. The quantitative estimate of drug-likeness (QED) is 0.729. The number of aliphatic hydroxyl groups is 1. The summed E-state index contributed by atoms with van der Waals surface area (Å²) in [5.74, 6) is 0.290. The van der Waals surface area contributed by atoms with Gasteiger partial charge in [0.1, 0.15) is 5.70 Å². The van der Waals surface area contributed by atoms with Crippen LogP contribution in [0, 0.1) is 0 Å². The van der Waals surface area contributed by atoms with Crippen LogP contribution in [0.4, 0.5) is 0 Å². The highest BCUT2D eigenvalue weighted by Gasteiger charge is 2.25. The zero-order valence-electron chi connectivity index (χ0n) is 13.0. The number of aromatic nitrogens is 1. The van der Waals surface area contributed by atoms with Crippen LogP contribution in [0.15, 0.2) is 34.4 Å². The summed E-state index contributed by atoms with van der Waals surface area (Å²) in [5.41, 5.74) is 4.20. The van der Waals surface area contributed by atoms with Gasteiger partial charge < -0.3 is 10.4 Å². The van der Waals surface area contributed by atoms with Gasteiger partial charge >= 0.3 is 0 Å². The van der Waals surface area contributed by atoms with Gasteiger partial charge in [-0.1, -0.05) is 6.07 Å². The predicted octanol–water partition coefficient (Wildman–Crippen LogP) is 2.02. The number of benzene rings is 1. The maximum absolute atomic E-state index is 12.1. The first-order valence-electron chi connectivity index (χ1n) is 8.06. The summed E-state index contributed by atoms with van der Waals surface area (Å²) in [7, 11) is 0. The van der Waals surface area contributed by atoms with Crippen LogP contribution in [0.3, 0.4) is 0 Å². The third kappa shape index (κ3) is 3.18. The Hall–Kier alpha value is -2.25. The van der Waals surface area contributed by atoms with Gasteiger partial charge in [-0.2, -0.15) is 0 Å². The van der Waals surface area contributed by atoms with E-state index in [1.54, 1.807) is 11.3 Å². The number of aliphatic imine (C=N–C) groups is 1. The maximum atomic E-state index is 12.1. The second-order valence-electron chi connectivity index (χ2n) is 6.17. The molecule has 0 spiro atoms. The van der Waals surface area contributed by atoms with Crippen LogP contribution in [-0.2, 0) is 4.79 Å². The van der Waals surface area contributed by atoms with Crippen molar-refractivity contribution in [3.63, 3.8) is 0 Å². The molecule has 0 radical (unpaired) electrons. The standard InChI is InChI=1S/C17H18N4O2S/c22-12-3-1-2-11(8-12)19-17-20-14(16(23)21-17)6-10-4-5-13-15(7-10)24-9-18-13/h4-7,9,11-12,22H,1-3,8H2,(H2,19,20,21,23)/b14-6-/t11-,12+/m0/s1. The molecule has 124 valence electrons. The number of carbonyl (C=O) groups is 1. The molecule has 0 unspecified atom stereocenters. The number of fused-ring (bicyclic) bond motifs is 1. The van der Waals surface area contributed by atoms with E-state index in [2.05, 4.69) is 20.6 Å². The van der Waals surface area contributed by atoms with Gasteiger partial charge in [0.05, 0.1) is 27.9 Å². The summed E-state index contributed by atoms with van der Waals surface area (Å²) in [6.07, 6.45) is 4.93. The van der Waals surface area contributed by atoms with Crippen molar-refractivity contribution in [3.8, 4) is 0 Å². The number of aliphatic hydroxyl groups excluding tert-OH is 1. The normalized spacial score (nSPS) is 27.6. The average molecular weight is 342 g/mol. The van der Waals surface area contributed by atoms with Gasteiger partial charge in [-0.25, -0.2) is 9.98 Å². The maximum Gasteiger partial charge on any atom is 0.274 e. The summed E-state index contributed by atoms with van der Waals surface area (Å²) in [4.78, 5) is 20.9. The highest BCUT2D eigenvalue weighted by atomic mass is 32.1. The van der Waals surface area contributed by atoms with Crippen molar-refractivity contribution in [1.82, 2.24) is 15.6 Å². The van der Waals surface area contributed by atoms with E-state index >= 15 is 0 Å². The molecule has 7 heteroatoms. The number of nitrogens with zero attached hydrogens (tertiary/aromatic N) is 2. The number of carbonyl (C=O) groups excluding carboxylic acids is 1. The molecule has 2 aliphatic rings. The molecule has 0 bridgehead atoms. The van der Waals surface area contributed by atoms with Crippen molar-refractivity contribution in [2.24, 2.45) is 4.99 Å². The Morgan fingerprint density at radius 2 is 2.25 bits per heavy atom. The smallest absolute Gasteiger partial charge is 0.274 e. The molecule has 1 saturated heterocycles. The number of hydrogen-bond donors (Lipinski definition) is 3. The van der Waals surface area contributed by atoms with Gasteiger partial charge in [0.15, 0.2) is 0 Å². The Labute approximate surface area is 143 Å². The summed E-state index contributed by atoms with van der Waals surface area (Å²) in [5, 5.41) is 15.5. The van der Waals surface area contributed by atoms with Gasteiger partial charge in [0.2, 0.25) is 5.96 Å². The predicted molar refractivity (Wildman–Crippen MR) is 94.6 cm³/mol. The van der Waals surface area contributed by atoms with Crippen LogP contribution in [0.1, 0.15) is 31.2 Å². The fraction of sp³-hybridized carbons (Fsp3) is 0.353. The molecule has 1 aromatic heterocycles. The van der Waals surface area contributed by atoms with Crippen LogP contribution >= 0.6 is 11.3 Å². The van der Waals surface area contributed by atoms with E-state index in [1.807, 2.05) is 29.8 Å². The first-order chi connectivity index (χ1) is 11.7. The minimum Gasteiger partial charge on any atom is -0.393 e. The van der Waals surface area contributed by atoms with Crippen molar-refractivity contribution in [2.75, 3.05) is 0 Å². The monoisotopic (exact) mass is 342 g/mol. The third-order valence-electron chi connectivity index (χ3n) is 4.33. The van der Waals surface area contributed by atoms with Crippen LogP contribution in [0.5, 0.6) is 0 Å². The van der Waals surface area contributed by atoms with Gasteiger partial charge in [0.25, 0.3) is 5.91 Å².